The van der Waals surface area contributed by atoms with E-state index in [2.05, 4.69) is 128 Å². The predicted molar refractivity (Wildman–Crippen MR) is 166 cm³/mol. The maximum atomic E-state index is 5.39. The number of anilines is 2. The Hall–Kier alpha value is -2.62. The standard InChI is InChI=1S/C34H50N4/c1-11-23(3)29-21-37(27-17-13-25(14-18-27)33(5,6)7)31(35-29)32-36-30(24(4)12-2)22-38(32)28-19-15-26(16-20-28)34(8,9)10/h13-20,23-24,29-30H,11-12,21-22H2,1-10H3/t23?,24?,29-,30-/m0/s1. The van der Waals surface area contributed by atoms with Crippen LogP contribution in [0.4, 0.5) is 11.4 Å². The lowest BCUT2D eigenvalue weighted by molar-refractivity contribution is 0.465. The minimum absolute atomic E-state index is 0.134. The van der Waals surface area contributed by atoms with Gasteiger partial charge in [-0.1, -0.05) is 106 Å². The van der Waals surface area contributed by atoms with Crippen molar-refractivity contribution in [2.24, 2.45) is 21.8 Å². The van der Waals surface area contributed by atoms with Gasteiger partial charge in [0.1, 0.15) is 0 Å². The zero-order chi connectivity index (χ0) is 27.8. The molecule has 2 aliphatic rings. The summed E-state index contributed by atoms with van der Waals surface area (Å²) in [5.41, 5.74) is 5.39. The normalized spacial score (nSPS) is 21.9. The van der Waals surface area contributed by atoms with Crippen LogP contribution in [-0.2, 0) is 10.8 Å². The molecule has 2 aliphatic heterocycles. The van der Waals surface area contributed by atoms with Crippen LogP contribution < -0.4 is 9.80 Å². The number of hydrogen-bond donors (Lipinski definition) is 0. The molecule has 0 amide bonds. The van der Waals surface area contributed by atoms with E-state index in [0.717, 1.165) is 37.6 Å². The summed E-state index contributed by atoms with van der Waals surface area (Å²) in [5, 5.41) is 0. The van der Waals surface area contributed by atoms with Crippen molar-refractivity contribution in [1.82, 2.24) is 0 Å². The highest BCUT2D eigenvalue weighted by Gasteiger charge is 2.39. The molecular formula is C34H50N4. The lowest BCUT2D eigenvalue weighted by Gasteiger charge is -2.28. The van der Waals surface area contributed by atoms with Gasteiger partial charge in [0.05, 0.1) is 12.1 Å². The second-order valence-corrected chi connectivity index (χ2v) is 13.6. The molecule has 2 unspecified atom stereocenters. The maximum Gasteiger partial charge on any atom is 0.172 e. The molecule has 0 saturated heterocycles. The van der Waals surface area contributed by atoms with E-state index < -0.39 is 0 Å². The lowest BCUT2D eigenvalue weighted by atomic mass is 9.87. The molecule has 4 heteroatoms. The molecule has 0 radical (unpaired) electrons. The Morgan fingerprint density at radius 3 is 1.21 bits per heavy atom. The molecule has 0 N–H and O–H groups in total. The minimum Gasteiger partial charge on any atom is -0.321 e. The highest BCUT2D eigenvalue weighted by molar-refractivity contribution is 6.50. The van der Waals surface area contributed by atoms with Crippen molar-refractivity contribution in [2.75, 3.05) is 22.9 Å². The Morgan fingerprint density at radius 2 is 0.947 bits per heavy atom. The molecule has 0 spiro atoms. The van der Waals surface area contributed by atoms with Crippen molar-refractivity contribution >= 4 is 23.0 Å². The van der Waals surface area contributed by atoms with Crippen LogP contribution in [-0.4, -0.2) is 36.8 Å². The molecule has 0 fully saturated rings. The van der Waals surface area contributed by atoms with E-state index in [4.69, 9.17) is 9.98 Å². The molecule has 0 aliphatic carbocycles. The van der Waals surface area contributed by atoms with E-state index in [-0.39, 0.29) is 22.9 Å². The molecule has 4 atom stereocenters. The largest absolute Gasteiger partial charge is 0.321 e. The SMILES string of the molecule is CCC(C)[C@@H]1CN(c2ccc(C(C)(C)C)cc2)C(C2=N[C@H](C(C)CC)CN2c2ccc(C(C)(C)C)cc2)=N1. The number of rotatable bonds is 7. The molecule has 4 rings (SSSR count). The van der Waals surface area contributed by atoms with Gasteiger partial charge in [-0.2, -0.15) is 0 Å². The molecule has 0 aromatic heterocycles. The first-order valence-corrected chi connectivity index (χ1v) is 14.8. The van der Waals surface area contributed by atoms with Gasteiger partial charge in [0.25, 0.3) is 0 Å². The van der Waals surface area contributed by atoms with Gasteiger partial charge in [0, 0.05) is 24.5 Å². The van der Waals surface area contributed by atoms with E-state index in [0.29, 0.717) is 11.8 Å². The van der Waals surface area contributed by atoms with Gasteiger partial charge in [-0.3, -0.25) is 9.98 Å². The van der Waals surface area contributed by atoms with Crippen LogP contribution in [0.1, 0.15) is 93.2 Å². The second kappa shape index (κ2) is 10.9. The van der Waals surface area contributed by atoms with Crippen LogP contribution in [0.5, 0.6) is 0 Å². The number of benzene rings is 2. The van der Waals surface area contributed by atoms with E-state index >= 15 is 0 Å². The van der Waals surface area contributed by atoms with Crippen molar-refractivity contribution in [3.8, 4) is 0 Å². The van der Waals surface area contributed by atoms with Crippen molar-refractivity contribution < 1.29 is 0 Å². The van der Waals surface area contributed by atoms with Crippen molar-refractivity contribution in [3.63, 3.8) is 0 Å². The van der Waals surface area contributed by atoms with Gasteiger partial charge in [-0.25, -0.2) is 0 Å². The first-order valence-electron chi connectivity index (χ1n) is 14.8. The quantitative estimate of drug-likeness (QED) is 0.372. The zero-order valence-corrected chi connectivity index (χ0v) is 25.5. The number of aliphatic imine (C=N–C) groups is 2. The fourth-order valence-corrected chi connectivity index (χ4v) is 5.34. The van der Waals surface area contributed by atoms with E-state index in [1.807, 2.05) is 0 Å². The summed E-state index contributed by atoms with van der Waals surface area (Å²) in [5.74, 6) is 3.11. The second-order valence-electron chi connectivity index (χ2n) is 13.6. The first kappa shape index (κ1) is 28.4. The highest BCUT2D eigenvalue weighted by atomic mass is 15.4. The van der Waals surface area contributed by atoms with Gasteiger partial charge in [-0.15, -0.1) is 0 Å². The van der Waals surface area contributed by atoms with Gasteiger partial charge in [-0.05, 0) is 58.1 Å². The Kier molecular flexibility index (Phi) is 8.12. The predicted octanol–water partition coefficient (Wildman–Crippen LogP) is 8.25. The van der Waals surface area contributed by atoms with Gasteiger partial charge < -0.3 is 9.80 Å². The van der Waals surface area contributed by atoms with Crippen LogP contribution in [0.2, 0.25) is 0 Å². The summed E-state index contributed by atoms with van der Waals surface area (Å²) in [6.07, 6.45) is 2.25. The lowest BCUT2D eigenvalue weighted by Crippen LogP contribution is -2.42. The van der Waals surface area contributed by atoms with Crippen molar-refractivity contribution in [3.05, 3.63) is 59.7 Å². The molecule has 206 valence electrons. The summed E-state index contributed by atoms with van der Waals surface area (Å²) >= 11 is 0. The van der Waals surface area contributed by atoms with Crippen LogP contribution in [0.3, 0.4) is 0 Å². The summed E-state index contributed by atoms with van der Waals surface area (Å²) in [6, 6.07) is 18.8. The molecule has 38 heavy (non-hydrogen) atoms. The summed E-state index contributed by atoms with van der Waals surface area (Å²) in [4.78, 5) is 15.6. The van der Waals surface area contributed by atoms with Crippen molar-refractivity contribution in [2.45, 2.75) is 105 Å². The minimum atomic E-state index is 0.134. The average Bonchev–Trinajstić information content (AvgIpc) is 3.52. The summed E-state index contributed by atoms with van der Waals surface area (Å²) in [6.45, 7) is 24.7. The van der Waals surface area contributed by atoms with Gasteiger partial charge in [0.2, 0.25) is 0 Å². The molecule has 2 aromatic carbocycles. The fourth-order valence-electron chi connectivity index (χ4n) is 5.34. The maximum absolute atomic E-state index is 5.39. The molecular weight excluding hydrogens is 464 g/mol. The topological polar surface area (TPSA) is 31.2 Å². The fraction of sp³-hybridized carbons (Fsp3) is 0.588. The number of hydrogen-bond acceptors (Lipinski definition) is 4. The third kappa shape index (κ3) is 5.84. The average molecular weight is 515 g/mol. The molecule has 2 heterocycles. The summed E-state index contributed by atoms with van der Waals surface area (Å²) < 4.78 is 0. The van der Waals surface area contributed by atoms with E-state index in [1.165, 1.54) is 22.5 Å². The summed E-state index contributed by atoms with van der Waals surface area (Å²) in [7, 11) is 0. The number of amidine groups is 2. The Bertz CT molecular complexity index is 1050. The first-order chi connectivity index (χ1) is 17.8. The Morgan fingerprint density at radius 1 is 0.632 bits per heavy atom. The van der Waals surface area contributed by atoms with Crippen LogP contribution in [0, 0.1) is 11.8 Å². The monoisotopic (exact) mass is 514 g/mol. The van der Waals surface area contributed by atoms with Crippen LogP contribution >= 0.6 is 0 Å². The Labute approximate surface area is 232 Å². The van der Waals surface area contributed by atoms with E-state index in [9.17, 15) is 0 Å². The molecule has 0 saturated carbocycles. The smallest absolute Gasteiger partial charge is 0.172 e. The zero-order valence-electron chi connectivity index (χ0n) is 25.5. The van der Waals surface area contributed by atoms with Crippen molar-refractivity contribution in [1.29, 1.82) is 0 Å². The Balaban J connectivity index is 1.76. The molecule has 4 nitrogen and oxygen atoms in total. The molecule has 2 aromatic rings. The number of nitrogens with zero attached hydrogens (tertiary/aromatic N) is 4. The molecule has 0 bridgehead atoms. The van der Waals surface area contributed by atoms with E-state index in [1.54, 1.807) is 0 Å². The van der Waals surface area contributed by atoms with Crippen LogP contribution in [0.25, 0.3) is 0 Å². The van der Waals surface area contributed by atoms with Gasteiger partial charge in [0.15, 0.2) is 11.7 Å². The highest BCUT2D eigenvalue weighted by Crippen LogP contribution is 2.33. The third-order valence-electron chi connectivity index (χ3n) is 8.72. The van der Waals surface area contributed by atoms with Crippen LogP contribution in [0.15, 0.2) is 58.5 Å². The third-order valence-corrected chi connectivity index (χ3v) is 8.72. The van der Waals surface area contributed by atoms with Gasteiger partial charge >= 0.3 is 0 Å².